The predicted molar refractivity (Wildman–Crippen MR) is 71.6 cm³/mol. The number of amides is 1. The normalized spacial score (nSPS) is 22.9. The number of carbonyl (C=O) groups excluding carboxylic acids is 1. The maximum atomic E-state index is 11.7. The Balaban J connectivity index is 1.73. The molecule has 1 aliphatic rings. The first-order chi connectivity index (χ1) is 8.16. The molecule has 0 aliphatic heterocycles. The average Bonchev–Trinajstić information content (AvgIpc) is 2.27. The summed E-state index contributed by atoms with van der Waals surface area (Å²) in [6.07, 6.45) is 2.52. The quantitative estimate of drug-likeness (QED) is 0.891. The smallest absolute Gasteiger partial charge is 0.223 e. The Labute approximate surface area is 110 Å². The first kappa shape index (κ1) is 12.6. The van der Waals surface area contributed by atoms with Crippen molar-refractivity contribution < 1.29 is 4.79 Å². The Morgan fingerprint density at radius 1 is 1.41 bits per heavy atom. The van der Waals surface area contributed by atoms with Crippen molar-refractivity contribution in [2.45, 2.75) is 25.3 Å². The van der Waals surface area contributed by atoms with Crippen molar-refractivity contribution in [2.75, 3.05) is 6.54 Å². The fourth-order valence-electron chi connectivity index (χ4n) is 2.04. The van der Waals surface area contributed by atoms with Gasteiger partial charge in [0.25, 0.3) is 0 Å². The Morgan fingerprint density at radius 2 is 2.12 bits per heavy atom. The highest BCUT2D eigenvalue weighted by molar-refractivity contribution is 9.10. The van der Waals surface area contributed by atoms with E-state index in [-0.39, 0.29) is 17.9 Å². The molecule has 1 aromatic carbocycles. The molecule has 1 saturated carbocycles. The molecule has 1 amide bonds. The van der Waals surface area contributed by atoms with Crippen LogP contribution in [0.25, 0.3) is 0 Å². The van der Waals surface area contributed by atoms with Gasteiger partial charge < -0.3 is 11.1 Å². The third kappa shape index (κ3) is 3.30. The highest BCUT2D eigenvalue weighted by Gasteiger charge is 2.31. The fraction of sp³-hybridized carbons (Fsp3) is 0.462. The first-order valence-electron chi connectivity index (χ1n) is 5.93. The lowest BCUT2D eigenvalue weighted by Gasteiger charge is -2.31. The van der Waals surface area contributed by atoms with Crippen LogP contribution < -0.4 is 11.1 Å². The molecule has 0 aromatic heterocycles. The Morgan fingerprint density at radius 3 is 2.76 bits per heavy atom. The molecular weight excluding hydrogens is 280 g/mol. The molecule has 1 aromatic rings. The SMILES string of the molecule is NC1CC(C(=O)NCCc2ccccc2Br)C1. The molecule has 1 fully saturated rings. The van der Waals surface area contributed by atoms with Crippen molar-refractivity contribution in [3.05, 3.63) is 34.3 Å². The third-order valence-corrected chi connectivity index (χ3v) is 3.97. The minimum atomic E-state index is 0.143. The number of rotatable bonds is 4. The van der Waals surface area contributed by atoms with Gasteiger partial charge in [-0.25, -0.2) is 0 Å². The maximum absolute atomic E-state index is 11.7. The van der Waals surface area contributed by atoms with Crippen LogP contribution in [0.4, 0.5) is 0 Å². The second kappa shape index (κ2) is 5.65. The lowest BCUT2D eigenvalue weighted by atomic mass is 9.80. The van der Waals surface area contributed by atoms with Crippen molar-refractivity contribution in [2.24, 2.45) is 11.7 Å². The van der Waals surface area contributed by atoms with Crippen LogP contribution in [0.1, 0.15) is 18.4 Å². The summed E-state index contributed by atoms with van der Waals surface area (Å²) in [6.45, 7) is 0.688. The molecule has 0 atom stereocenters. The van der Waals surface area contributed by atoms with Gasteiger partial charge in [-0.3, -0.25) is 4.79 Å². The minimum absolute atomic E-state index is 0.143. The predicted octanol–water partition coefficient (Wildman–Crippen LogP) is 1.85. The Kier molecular flexibility index (Phi) is 4.18. The van der Waals surface area contributed by atoms with Crippen LogP contribution in [0.3, 0.4) is 0 Å². The molecule has 0 saturated heterocycles. The summed E-state index contributed by atoms with van der Waals surface area (Å²) < 4.78 is 1.10. The van der Waals surface area contributed by atoms with Gasteiger partial charge >= 0.3 is 0 Å². The molecule has 0 spiro atoms. The first-order valence-corrected chi connectivity index (χ1v) is 6.73. The van der Waals surface area contributed by atoms with Crippen LogP contribution >= 0.6 is 15.9 Å². The number of hydrogen-bond acceptors (Lipinski definition) is 2. The summed E-state index contributed by atoms with van der Waals surface area (Å²) in [5, 5.41) is 2.97. The van der Waals surface area contributed by atoms with Gasteiger partial charge in [0, 0.05) is 23.0 Å². The number of benzene rings is 1. The van der Waals surface area contributed by atoms with E-state index in [0.717, 1.165) is 23.7 Å². The molecule has 0 bridgehead atoms. The molecule has 4 heteroatoms. The number of nitrogens with one attached hydrogen (secondary N) is 1. The van der Waals surface area contributed by atoms with E-state index in [1.807, 2.05) is 18.2 Å². The van der Waals surface area contributed by atoms with E-state index in [4.69, 9.17) is 5.73 Å². The number of hydrogen-bond donors (Lipinski definition) is 2. The van der Waals surface area contributed by atoms with Crippen molar-refractivity contribution >= 4 is 21.8 Å². The van der Waals surface area contributed by atoms with E-state index >= 15 is 0 Å². The van der Waals surface area contributed by atoms with Crippen LogP contribution in [-0.2, 0) is 11.2 Å². The van der Waals surface area contributed by atoms with E-state index in [1.54, 1.807) is 0 Å². The van der Waals surface area contributed by atoms with Crippen LogP contribution in [0.5, 0.6) is 0 Å². The summed E-state index contributed by atoms with van der Waals surface area (Å²) in [7, 11) is 0. The zero-order valence-electron chi connectivity index (χ0n) is 9.66. The average molecular weight is 297 g/mol. The number of halogens is 1. The number of nitrogens with two attached hydrogens (primary N) is 1. The molecule has 1 aliphatic carbocycles. The van der Waals surface area contributed by atoms with Crippen LogP contribution in [-0.4, -0.2) is 18.5 Å². The van der Waals surface area contributed by atoms with Gasteiger partial charge in [0.2, 0.25) is 5.91 Å². The van der Waals surface area contributed by atoms with Crippen molar-refractivity contribution in [1.82, 2.24) is 5.32 Å². The highest BCUT2D eigenvalue weighted by atomic mass is 79.9. The second-order valence-electron chi connectivity index (χ2n) is 4.56. The molecule has 3 N–H and O–H groups in total. The molecule has 17 heavy (non-hydrogen) atoms. The van der Waals surface area contributed by atoms with Gasteiger partial charge in [0.05, 0.1) is 0 Å². The maximum Gasteiger partial charge on any atom is 0.223 e. The standard InChI is InChI=1S/C13H17BrN2O/c14-12-4-2-1-3-9(12)5-6-16-13(17)10-7-11(15)8-10/h1-4,10-11H,5-8,15H2,(H,16,17). The van der Waals surface area contributed by atoms with Crippen molar-refractivity contribution in [1.29, 1.82) is 0 Å². The third-order valence-electron chi connectivity index (χ3n) is 3.20. The Hall–Kier alpha value is -0.870. The topological polar surface area (TPSA) is 55.1 Å². The van der Waals surface area contributed by atoms with Gasteiger partial charge in [0.15, 0.2) is 0 Å². The van der Waals surface area contributed by atoms with Crippen LogP contribution in [0, 0.1) is 5.92 Å². The summed E-state index contributed by atoms with van der Waals surface area (Å²) in [4.78, 5) is 11.7. The lowest BCUT2D eigenvalue weighted by molar-refractivity contribution is -0.127. The summed E-state index contributed by atoms with van der Waals surface area (Å²) in [5.74, 6) is 0.294. The highest BCUT2D eigenvalue weighted by Crippen LogP contribution is 2.25. The largest absolute Gasteiger partial charge is 0.356 e. The zero-order chi connectivity index (χ0) is 12.3. The van der Waals surface area contributed by atoms with Crippen LogP contribution in [0.2, 0.25) is 0 Å². The molecule has 3 nitrogen and oxygen atoms in total. The molecule has 0 radical (unpaired) electrons. The zero-order valence-corrected chi connectivity index (χ0v) is 11.2. The van der Waals surface area contributed by atoms with Gasteiger partial charge in [0.1, 0.15) is 0 Å². The van der Waals surface area contributed by atoms with Crippen molar-refractivity contribution in [3.8, 4) is 0 Å². The van der Waals surface area contributed by atoms with Crippen molar-refractivity contribution in [3.63, 3.8) is 0 Å². The summed E-state index contributed by atoms with van der Waals surface area (Å²) >= 11 is 3.50. The molecule has 92 valence electrons. The lowest BCUT2D eigenvalue weighted by Crippen LogP contribution is -2.45. The van der Waals surface area contributed by atoms with Gasteiger partial charge in [-0.2, -0.15) is 0 Å². The van der Waals surface area contributed by atoms with E-state index < -0.39 is 0 Å². The molecule has 2 rings (SSSR count). The number of carbonyl (C=O) groups is 1. The van der Waals surface area contributed by atoms with E-state index in [2.05, 4.69) is 27.3 Å². The summed E-state index contributed by atoms with van der Waals surface area (Å²) in [6, 6.07) is 8.31. The van der Waals surface area contributed by atoms with E-state index in [1.165, 1.54) is 5.56 Å². The molecular formula is C13H17BrN2O. The van der Waals surface area contributed by atoms with Gasteiger partial charge in [-0.1, -0.05) is 34.1 Å². The van der Waals surface area contributed by atoms with E-state index in [0.29, 0.717) is 6.54 Å². The Bertz CT molecular complexity index is 402. The molecule has 0 unspecified atom stereocenters. The fourth-order valence-corrected chi connectivity index (χ4v) is 2.52. The van der Waals surface area contributed by atoms with Crippen LogP contribution in [0.15, 0.2) is 28.7 Å². The van der Waals surface area contributed by atoms with Gasteiger partial charge in [-0.15, -0.1) is 0 Å². The monoisotopic (exact) mass is 296 g/mol. The molecule has 0 heterocycles. The van der Waals surface area contributed by atoms with E-state index in [9.17, 15) is 4.79 Å². The van der Waals surface area contributed by atoms with Gasteiger partial charge in [-0.05, 0) is 30.9 Å². The summed E-state index contributed by atoms with van der Waals surface area (Å²) in [5.41, 5.74) is 6.88. The minimum Gasteiger partial charge on any atom is -0.356 e. The second-order valence-corrected chi connectivity index (χ2v) is 5.42.